The molecule has 0 aliphatic rings. The number of fused-ring (bicyclic) bond motifs is 9. The maximum absolute atomic E-state index is 6.69. The van der Waals surface area contributed by atoms with Gasteiger partial charge < -0.3 is 13.7 Å². The fourth-order valence-electron chi connectivity index (χ4n) is 8.91. The van der Waals surface area contributed by atoms with Crippen molar-refractivity contribution < 1.29 is 8.83 Å². The monoisotopic (exact) mass is 753 g/mol. The van der Waals surface area contributed by atoms with Crippen LogP contribution in [0.15, 0.2) is 221 Å². The molecule has 276 valence electrons. The predicted octanol–water partition coefficient (Wildman–Crippen LogP) is 16.3. The summed E-state index contributed by atoms with van der Waals surface area (Å²) in [6.45, 7) is 0. The lowest BCUT2D eigenvalue weighted by Crippen LogP contribution is -2.10. The van der Waals surface area contributed by atoms with Crippen molar-refractivity contribution >= 4 is 82.5 Å². The van der Waals surface area contributed by atoms with Gasteiger partial charge in [0.25, 0.3) is 0 Å². The van der Waals surface area contributed by atoms with Crippen LogP contribution in [0.25, 0.3) is 98.8 Å². The maximum Gasteiger partial charge on any atom is 0.143 e. The van der Waals surface area contributed by atoms with E-state index in [0.29, 0.717) is 0 Å². The van der Waals surface area contributed by atoms with Crippen LogP contribution in [0.2, 0.25) is 0 Å². The molecule has 0 atom stereocenters. The Hall–Kier alpha value is -7.88. The average Bonchev–Trinajstić information content (AvgIpc) is 3.88. The average molecular weight is 754 g/mol. The van der Waals surface area contributed by atoms with Crippen LogP contribution in [0.5, 0.6) is 0 Å². The van der Waals surface area contributed by atoms with E-state index in [1.54, 1.807) is 0 Å². The van der Waals surface area contributed by atoms with E-state index in [1.165, 1.54) is 27.5 Å². The first kappa shape index (κ1) is 33.3. The van der Waals surface area contributed by atoms with Gasteiger partial charge in [0.1, 0.15) is 22.3 Å². The zero-order valence-corrected chi connectivity index (χ0v) is 32.0. The summed E-state index contributed by atoms with van der Waals surface area (Å²) in [5, 5.41) is 9.20. The summed E-state index contributed by atoms with van der Waals surface area (Å²) in [4.78, 5) is 2.36. The van der Waals surface area contributed by atoms with E-state index < -0.39 is 0 Å². The molecule has 2 heterocycles. The summed E-state index contributed by atoms with van der Waals surface area (Å²) < 4.78 is 13.0. The van der Waals surface area contributed by atoms with Crippen molar-refractivity contribution in [1.29, 1.82) is 0 Å². The SMILES string of the molecule is c1cc(-c2ccc3c(c2)oc2ccccc23)cc(N(c2ccc(-c3ccc(-c4ccc5ccccc5c4)cc3)cc2)c2cccc3oc4c5ccccc5ccc4c23)c1. The Balaban J connectivity index is 0.975. The molecular formula is C56H35NO2. The molecule has 3 heteroatoms. The number of furan rings is 2. The van der Waals surface area contributed by atoms with Gasteiger partial charge in [-0.2, -0.15) is 0 Å². The smallest absolute Gasteiger partial charge is 0.143 e. The van der Waals surface area contributed by atoms with E-state index in [2.05, 4.69) is 205 Å². The van der Waals surface area contributed by atoms with E-state index in [0.717, 1.165) is 88.4 Å². The van der Waals surface area contributed by atoms with E-state index in [1.807, 2.05) is 12.1 Å². The molecule has 0 amide bonds. The van der Waals surface area contributed by atoms with Gasteiger partial charge in [0, 0.05) is 32.9 Å². The molecule has 0 aliphatic carbocycles. The van der Waals surface area contributed by atoms with E-state index in [4.69, 9.17) is 8.83 Å². The highest BCUT2D eigenvalue weighted by Gasteiger charge is 2.21. The molecule has 0 spiro atoms. The van der Waals surface area contributed by atoms with Gasteiger partial charge in [-0.05, 0) is 116 Å². The molecule has 0 aliphatic heterocycles. The largest absolute Gasteiger partial charge is 0.456 e. The minimum Gasteiger partial charge on any atom is -0.456 e. The Morgan fingerprint density at radius 2 is 0.864 bits per heavy atom. The number of anilines is 3. The summed E-state index contributed by atoms with van der Waals surface area (Å²) in [5.41, 5.74) is 13.6. The third-order valence-electron chi connectivity index (χ3n) is 11.8. The third kappa shape index (κ3) is 5.59. The molecule has 0 N–H and O–H groups in total. The van der Waals surface area contributed by atoms with Crippen LogP contribution in [-0.4, -0.2) is 0 Å². The van der Waals surface area contributed by atoms with Crippen molar-refractivity contribution in [3.8, 4) is 33.4 Å². The second-order valence-electron chi connectivity index (χ2n) is 15.3. The zero-order valence-electron chi connectivity index (χ0n) is 32.0. The van der Waals surface area contributed by atoms with Crippen molar-refractivity contribution in [3.63, 3.8) is 0 Å². The van der Waals surface area contributed by atoms with Gasteiger partial charge in [0.05, 0.1) is 11.1 Å². The molecule has 59 heavy (non-hydrogen) atoms. The van der Waals surface area contributed by atoms with Crippen LogP contribution in [-0.2, 0) is 0 Å². The first-order chi connectivity index (χ1) is 29.2. The number of hydrogen-bond acceptors (Lipinski definition) is 3. The minimum atomic E-state index is 0.855. The number of benzene rings is 10. The molecule has 0 radical (unpaired) electrons. The Bertz CT molecular complexity index is 3550. The van der Waals surface area contributed by atoms with Crippen LogP contribution in [0, 0.1) is 0 Å². The molecule has 0 bridgehead atoms. The maximum atomic E-state index is 6.69. The van der Waals surface area contributed by atoms with Crippen LogP contribution in [0.3, 0.4) is 0 Å². The minimum absolute atomic E-state index is 0.855. The predicted molar refractivity (Wildman–Crippen MR) is 247 cm³/mol. The first-order valence-electron chi connectivity index (χ1n) is 20.1. The van der Waals surface area contributed by atoms with Crippen molar-refractivity contribution in [1.82, 2.24) is 0 Å². The van der Waals surface area contributed by atoms with Crippen LogP contribution < -0.4 is 4.90 Å². The second kappa shape index (κ2) is 13.4. The molecular weight excluding hydrogens is 719 g/mol. The van der Waals surface area contributed by atoms with Gasteiger partial charge in [-0.1, -0.05) is 146 Å². The van der Waals surface area contributed by atoms with E-state index in [-0.39, 0.29) is 0 Å². The zero-order chi connectivity index (χ0) is 38.9. The summed E-state index contributed by atoms with van der Waals surface area (Å²) >= 11 is 0. The number of nitrogens with zero attached hydrogens (tertiary/aromatic N) is 1. The fraction of sp³-hybridized carbons (Fsp3) is 0. The van der Waals surface area contributed by atoms with E-state index >= 15 is 0 Å². The summed E-state index contributed by atoms with van der Waals surface area (Å²) in [7, 11) is 0. The third-order valence-corrected chi connectivity index (χ3v) is 11.8. The molecule has 0 saturated carbocycles. The molecule has 10 aromatic carbocycles. The summed E-state index contributed by atoms with van der Waals surface area (Å²) in [6, 6.07) is 75.8. The normalized spacial score (nSPS) is 11.7. The standard InChI is InChI=1S/C56H35NO2/c1-2-11-41-33-43(24-23-36(41)9-1)39-21-19-37(20-22-39)38-25-29-45(30-26-38)57(51-16-8-18-53-55(51)50-32-27-40-10-3-4-14-47(40)56(50)59-53)46-13-7-12-42(34-46)44-28-31-49-48-15-5-6-17-52(48)58-54(49)35-44/h1-35H. The summed E-state index contributed by atoms with van der Waals surface area (Å²) in [5.74, 6) is 0. The fourth-order valence-corrected chi connectivity index (χ4v) is 8.91. The Labute approximate surface area is 340 Å². The Morgan fingerprint density at radius 3 is 1.71 bits per heavy atom. The Morgan fingerprint density at radius 1 is 0.288 bits per heavy atom. The number of hydrogen-bond donors (Lipinski definition) is 0. The molecule has 0 fully saturated rings. The van der Waals surface area contributed by atoms with Crippen molar-refractivity contribution in [2.75, 3.05) is 4.90 Å². The van der Waals surface area contributed by atoms with Crippen molar-refractivity contribution in [3.05, 3.63) is 212 Å². The van der Waals surface area contributed by atoms with Crippen molar-refractivity contribution in [2.24, 2.45) is 0 Å². The van der Waals surface area contributed by atoms with Crippen LogP contribution in [0.4, 0.5) is 17.1 Å². The molecule has 2 aromatic heterocycles. The molecule has 0 unspecified atom stereocenters. The topological polar surface area (TPSA) is 29.5 Å². The second-order valence-corrected chi connectivity index (χ2v) is 15.3. The van der Waals surface area contributed by atoms with Gasteiger partial charge in [-0.3, -0.25) is 0 Å². The molecule has 12 rings (SSSR count). The Kier molecular flexibility index (Phi) is 7.54. The highest BCUT2D eigenvalue weighted by Crippen LogP contribution is 2.45. The molecule has 12 aromatic rings. The summed E-state index contributed by atoms with van der Waals surface area (Å²) in [6.07, 6.45) is 0. The highest BCUT2D eigenvalue weighted by molar-refractivity contribution is 6.19. The van der Waals surface area contributed by atoms with Gasteiger partial charge in [-0.15, -0.1) is 0 Å². The first-order valence-corrected chi connectivity index (χ1v) is 20.1. The van der Waals surface area contributed by atoms with Gasteiger partial charge in [0.2, 0.25) is 0 Å². The number of rotatable bonds is 6. The van der Waals surface area contributed by atoms with Gasteiger partial charge >= 0.3 is 0 Å². The van der Waals surface area contributed by atoms with Gasteiger partial charge in [-0.25, -0.2) is 0 Å². The highest BCUT2D eigenvalue weighted by atomic mass is 16.3. The molecule has 3 nitrogen and oxygen atoms in total. The van der Waals surface area contributed by atoms with Crippen LogP contribution in [0.1, 0.15) is 0 Å². The number of para-hydroxylation sites is 1. The molecule has 0 saturated heterocycles. The quantitative estimate of drug-likeness (QED) is 0.169. The lowest BCUT2D eigenvalue weighted by Gasteiger charge is -2.27. The van der Waals surface area contributed by atoms with E-state index in [9.17, 15) is 0 Å². The lowest BCUT2D eigenvalue weighted by atomic mass is 9.98. The lowest BCUT2D eigenvalue weighted by molar-refractivity contribution is 0.669. The van der Waals surface area contributed by atoms with Gasteiger partial charge in [0.15, 0.2) is 0 Å². The van der Waals surface area contributed by atoms with Crippen molar-refractivity contribution in [2.45, 2.75) is 0 Å². The van der Waals surface area contributed by atoms with Crippen LogP contribution >= 0.6 is 0 Å².